The van der Waals surface area contributed by atoms with Gasteiger partial charge in [0.1, 0.15) is 0 Å². The van der Waals surface area contributed by atoms with Crippen molar-refractivity contribution < 1.29 is 14.4 Å². The summed E-state index contributed by atoms with van der Waals surface area (Å²) in [6, 6.07) is 10.9. The first-order chi connectivity index (χ1) is 13.1. The van der Waals surface area contributed by atoms with Crippen LogP contribution in [0.3, 0.4) is 0 Å². The normalized spacial score (nSPS) is 22.9. The molecular weight excluding hydrogens is 362 g/mol. The number of thioether (sulfide) groups is 1. The highest BCUT2D eigenvalue weighted by Crippen LogP contribution is 2.30. The SMILES string of the molecule is O=C(N[C@@H]1CCCC[C@H]1N1C(=O)CSC1=O)c1ccc(-n2cccc2)cc1. The predicted molar refractivity (Wildman–Crippen MR) is 104 cm³/mol. The molecular formula is C20H21N3O3S. The molecule has 6 nitrogen and oxygen atoms in total. The third-order valence-corrected chi connectivity index (χ3v) is 6.03. The van der Waals surface area contributed by atoms with Crippen LogP contribution in [0.2, 0.25) is 0 Å². The Morgan fingerprint density at radius 3 is 2.41 bits per heavy atom. The monoisotopic (exact) mass is 383 g/mol. The fourth-order valence-electron chi connectivity index (χ4n) is 3.82. The Hall–Kier alpha value is -2.54. The lowest BCUT2D eigenvalue weighted by molar-refractivity contribution is -0.127. The summed E-state index contributed by atoms with van der Waals surface area (Å²) in [6.45, 7) is 0. The Morgan fingerprint density at radius 2 is 1.74 bits per heavy atom. The van der Waals surface area contributed by atoms with Crippen molar-refractivity contribution in [3.05, 3.63) is 54.4 Å². The maximum atomic E-state index is 12.7. The largest absolute Gasteiger partial charge is 0.347 e. The van der Waals surface area contributed by atoms with E-state index in [9.17, 15) is 14.4 Å². The minimum absolute atomic E-state index is 0.146. The lowest BCUT2D eigenvalue weighted by Gasteiger charge is -2.36. The summed E-state index contributed by atoms with van der Waals surface area (Å²) < 4.78 is 1.97. The van der Waals surface area contributed by atoms with Gasteiger partial charge in [0, 0.05) is 23.6 Å². The molecule has 0 spiro atoms. The van der Waals surface area contributed by atoms with E-state index < -0.39 is 0 Å². The zero-order chi connectivity index (χ0) is 18.8. The van der Waals surface area contributed by atoms with Crippen molar-refractivity contribution in [2.45, 2.75) is 37.8 Å². The van der Waals surface area contributed by atoms with Gasteiger partial charge in [0.2, 0.25) is 5.91 Å². The van der Waals surface area contributed by atoms with Crippen LogP contribution in [0.5, 0.6) is 0 Å². The van der Waals surface area contributed by atoms with Crippen molar-refractivity contribution in [3.8, 4) is 5.69 Å². The van der Waals surface area contributed by atoms with Gasteiger partial charge in [-0.15, -0.1) is 0 Å². The fraction of sp³-hybridized carbons (Fsp3) is 0.350. The lowest BCUT2D eigenvalue weighted by Crippen LogP contribution is -2.54. The van der Waals surface area contributed by atoms with Crippen molar-refractivity contribution in [1.82, 2.24) is 14.8 Å². The number of imide groups is 1. The molecule has 1 saturated heterocycles. The van der Waals surface area contributed by atoms with Crippen LogP contribution < -0.4 is 5.32 Å². The summed E-state index contributed by atoms with van der Waals surface area (Å²) in [7, 11) is 0. The van der Waals surface area contributed by atoms with Gasteiger partial charge in [-0.1, -0.05) is 24.6 Å². The summed E-state index contributed by atoms with van der Waals surface area (Å²) in [4.78, 5) is 38.3. The third-order valence-electron chi connectivity index (χ3n) is 5.19. The van der Waals surface area contributed by atoms with Crippen LogP contribution in [0.25, 0.3) is 5.69 Å². The molecule has 0 radical (unpaired) electrons. The maximum absolute atomic E-state index is 12.7. The molecule has 1 saturated carbocycles. The highest BCUT2D eigenvalue weighted by Gasteiger charge is 2.41. The predicted octanol–water partition coefficient (Wildman–Crippen LogP) is 3.21. The van der Waals surface area contributed by atoms with E-state index in [1.54, 1.807) is 12.1 Å². The number of nitrogens with one attached hydrogen (secondary N) is 1. The average Bonchev–Trinajstić information content (AvgIpc) is 3.33. The molecule has 1 aliphatic heterocycles. The minimum Gasteiger partial charge on any atom is -0.347 e. The van der Waals surface area contributed by atoms with Crippen LogP contribution in [0.4, 0.5) is 4.79 Å². The van der Waals surface area contributed by atoms with Crippen molar-refractivity contribution in [1.29, 1.82) is 0 Å². The average molecular weight is 383 g/mol. The van der Waals surface area contributed by atoms with Gasteiger partial charge in [-0.25, -0.2) is 0 Å². The molecule has 2 aliphatic rings. The number of aromatic nitrogens is 1. The van der Waals surface area contributed by atoms with Gasteiger partial charge < -0.3 is 9.88 Å². The second-order valence-electron chi connectivity index (χ2n) is 6.89. The van der Waals surface area contributed by atoms with Crippen molar-refractivity contribution in [2.24, 2.45) is 0 Å². The van der Waals surface area contributed by atoms with Crippen LogP contribution in [0, 0.1) is 0 Å². The minimum atomic E-state index is -0.239. The molecule has 1 aromatic carbocycles. The Balaban J connectivity index is 1.47. The Kier molecular flexibility index (Phi) is 5.03. The van der Waals surface area contributed by atoms with Gasteiger partial charge in [-0.2, -0.15) is 0 Å². The van der Waals surface area contributed by atoms with Crippen LogP contribution in [0.15, 0.2) is 48.8 Å². The number of benzene rings is 1. The molecule has 2 atom stereocenters. The molecule has 4 rings (SSSR count). The molecule has 2 fully saturated rings. The summed E-state index contributed by atoms with van der Waals surface area (Å²) in [6.07, 6.45) is 7.37. The number of rotatable bonds is 4. The van der Waals surface area contributed by atoms with Crippen LogP contribution in [0.1, 0.15) is 36.0 Å². The third kappa shape index (κ3) is 3.64. The molecule has 0 bridgehead atoms. The quantitative estimate of drug-likeness (QED) is 0.880. The van der Waals surface area contributed by atoms with Gasteiger partial charge in [0.15, 0.2) is 0 Å². The summed E-state index contributed by atoms with van der Waals surface area (Å²) >= 11 is 1.05. The lowest BCUT2D eigenvalue weighted by atomic mass is 9.89. The summed E-state index contributed by atoms with van der Waals surface area (Å²) in [5, 5.41) is 2.86. The standard InChI is InChI=1S/C20H21N3O3S/c24-18-13-27-20(26)23(18)17-6-2-1-5-16(17)21-19(25)14-7-9-15(10-8-14)22-11-3-4-12-22/h3-4,7-12,16-17H,1-2,5-6,13H2,(H,21,25)/t16-,17-/m1/s1. The Morgan fingerprint density at radius 1 is 1.04 bits per heavy atom. The summed E-state index contributed by atoms with van der Waals surface area (Å²) in [5.74, 6) is -0.110. The van der Waals surface area contributed by atoms with Gasteiger partial charge in [0.05, 0.1) is 17.8 Å². The molecule has 7 heteroatoms. The van der Waals surface area contributed by atoms with Gasteiger partial charge in [-0.3, -0.25) is 19.3 Å². The molecule has 1 N–H and O–H groups in total. The van der Waals surface area contributed by atoms with Crippen LogP contribution in [-0.2, 0) is 4.79 Å². The van der Waals surface area contributed by atoms with Crippen molar-refractivity contribution >= 4 is 28.8 Å². The molecule has 2 aromatic rings. The van der Waals surface area contributed by atoms with Gasteiger partial charge >= 0.3 is 0 Å². The van der Waals surface area contributed by atoms with E-state index in [0.717, 1.165) is 43.1 Å². The number of carbonyl (C=O) groups is 3. The van der Waals surface area contributed by atoms with E-state index in [4.69, 9.17) is 0 Å². The number of amides is 3. The molecule has 27 heavy (non-hydrogen) atoms. The van der Waals surface area contributed by atoms with Gasteiger partial charge in [-0.05, 0) is 49.2 Å². The number of hydrogen-bond donors (Lipinski definition) is 1. The van der Waals surface area contributed by atoms with E-state index in [2.05, 4.69) is 5.32 Å². The number of carbonyl (C=O) groups excluding carboxylic acids is 3. The first-order valence-corrected chi connectivity index (χ1v) is 10.1. The zero-order valence-corrected chi connectivity index (χ0v) is 15.7. The topological polar surface area (TPSA) is 71.4 Å². The molecule has 140 valence electrons. The van der Waals surface area contributed by atoms with E-state index in [1.807, 2.05) is 41.2 Å². The first kappa shape index (κ1) is 17.9. The van der Waals surface area contributed by atoms with E-state index in [-0.39, 0.29) is 34.9 Å². The molecule has 1 aliphatic carbocycles. The maximum Gasteiger partial charge on any atom is 0.289 e. The Labute approximate surface area is 161 Å². The summed E-state index contributed by atoms with van der Waals surface area (Å²) in [5.41, 5.74) is 1.56. The number of nitrogens with zero attached hydrogens (tertiary/aromatic N) is 2. The molecule has 3 amide bonds. The van der Waals surface area contributed by atoms with Crippen LogP contribution >= 0.6 is 11.8 Å². The van der Waals surface area contributed by atoms with E-state index >= 15 is 0 Å². The van der Waals surface area contributed by atoms with E-state index in [0.29, 0.717) is 5.56 Å². The molecule has 0 unspecified atom stereocenters. The second kappa shape index (κ2) is 7.60. The van der Waals surface area contributed by atoms with Crippen molar-refractivity contribution in [2.75, 3.05) is 5.75 Å². The van der Waals surface area contributed by atoms with Crippen molar-refractivity contribution in [3.63, 3.8) is 0 Å². The zero-order valence-electron chi connectivity index (χ0n) is 14.8. The fourth-order valence-corrected chi connectivity index (χ4v) is 4.58. The molecule has 1 aromatic heterocycles. The first-order valence-electron chi connectivity index (χ1n) is 9.16. The highest BCUT2D eigenvalue weighted by atomic mass is 32.2. The van der Waals surface area contributed by atoms with E-state index in [1.165, 1.54) is 4.90 Å². The highest BCUT2D eigenvalue weighted by molar-refractivity contribution is 8.14. The molecule has 2 heterocycles. The van der Waals surface area contributed by atoms with Gasteiger partial charge in [0.25, 0.3) is 11.1 Å². The second-order valence-corrected chi connectivity index (χ2v) is 7.81. The van der Waals surface area contributed by atoms with Crippen LogP contribution in [-0.4, -0.2) is 44.4 Å². The number of hydrogen-bond acceptors (Lipinski definition) is 4. The Bertz CT molecular complexity index is 832. The smallest absolute Gasteiger partial charge is 0.289 e.